The highest BCUT2D eigenvalue weighted by Gasteiger charge is 2.30. The predicted octanol–water partition coefficient (Wildman–Crippen LogP) is 4.74. The van der Waals surface area contributed by atoms with Crippen LogP contribution in [0, 0.1) is 0 Å². The van der Waals surface area contributed by atoms with Crippen LogP contribution in [0.3, 0.4) is 0 Å². The van der Waals surface area contributed by atoms with Crippen molar-refractivity contribution in [3.8, 4) is 0 Å². The number of nitrogens with one attached hydrogen (secondary N) is 1. The maximum absolute atomic E-state index is 12.5. The number of rotatable bonds is 2. The van der Waals surface area contributed by atoms with Gasteiger partial charge in [-0.05, 0) is 62.9 Å². The second kappa shape index (κ2) is 7.83. The number of anilines is 1. The summed E-state index contributed by atoms with van der Waals surface area (Å²) >= 11 is 9.67. The topological polar surface area (TPSA) is 71.8 Å². The van der Waals surface area contributed by atoms with E-state index in [-0.39, 0.29) is 18.2 Å². The Morgan fingerprint density at radius 1 is 1.44 bits per heavy atom. The number of likely N-dealkylation sites (tertiary alicyclic amines) is 1. The van der Waals surface area contributed by atoms with Gasteiger partial charge >= 0.3 is 6.09 Å². The standard InChI is InChI=1S/C18H25BrClN5O2/c1-11-10-12(6-5-8-24(11)17(26)27-18(2,3)4)22-15-16-21-7-9-25(16)14(20)13(19)23-15/h7,9,11-12H,5-6,8,10H2,1-4H3,(H,22,23). The molecule has 2 atom stereocenters. The number of carbonyl (C=O) groups is 1. The Balaban J connectivity index is 1.74. The Labute approximate surface area is 172 Å². The minimum atomic E-state index is -0.494. The van der Waals surface area contributed by atoms with Crippen LogP contribution in [-0.2, 0) is 4.74 Å². The van der Waals surface area contributed by atoms with Crippen molar-refractivity contribution >= 4 is 45.1 Å². The molecule has 2 aromatic heterocycles. The number of ether oxygens (including phenoxy) is 1. The van der Waals surface area contributed by atoms with Gasteiger partial charge in [-0.3, -0.25) is 4.40 Å². The van der Waals surface area contributed by atoms with Gasteiger partial charge in [0.15, 0.2) is 11.5 Å². The van der Waals surface area contributed by atoms with Gasteiger partial charge in [0.1, 0.15) is 15.4 Å². The lowest BCUT2D eigenvalue weighted by Crippen LogP contribution is -2.42. The van der Waals surface area contributed by atoms with E-state index in [0.717, 1.165) is 19.3 Å². The summed E-state index contributed by atoms with van der Waals surface area (Å²) in [5.74, 6) is 0.680. The second-order valence-corrected chi connectivity index (χ2v) is 9.01. The third kappa shape index (κ3) is 4.66. The molecule has 1 amide bonds. The molecule has 0 bridgehead atoms. The van der Waals surface area contributed by atoms with Crippen LogP contribution in [0.5, 0.6) is 0 Å². The van der Waals surface area contributed by atoms with E-state index >= 15 is 0 Å². The molecule has 1 saturated heterocycles. The molecule has 148 valence electrons. The van der Waals surface area contributed by atoms with Crippen LogP contribution in [0.25, 0.3) is 5.65 Å². The van der Waals surface area contributed by atoms with Crippen LogP contribution in [0.4, 0.5) is 10.6 Å². The average Bonchev–Trinajstić information content (AvgIpc) is 2.97. The first-order valence-corrected chi connectivity index (χ1v) is 10.3. The van der Waals surface area contributed by atoms with E-state index in [1.165, 1.54) is 0 Å². The van der Waals surface area contributed by atoms with Crippen LogP contribution in [0.15, 0.2) is 17.0 Å². The van der Waals surface area contributed by atoms with Crippen molar-refractivity contribution in [3.05, 3.63) is 22.1 Å². The van der Waals surface area contributed by atoms with Gasteiger partial charge in [0.2, 0.25) is 0 Å². The van der Waals surface area contributed by atoms with Crippen LogP contribution in [-0.4, -0.2) is 49.6 Å². The van der Waals surface area contributed by atoms with Gasteiger partial charge in [-0.25, -0.2) is 14.8 Å². The monoisotopic (exact) mass is 457 g/mol. The molecule has 27 heavy (non-hydrogen) atoms. The van der Waals surface area contributed by atoms with Crippen molar-refractivity contribution < 1.29 is 9.53 Å². The van der Waals surface area contributed by atoms with Gasteiger partial charge in [-0.1, -0.05) is 11.6 Å². The molecule has 2 aromatic rings. The Morgan fingerprint density at radius 3 is 2.89 bits per heavy atom. The maximum Gasteiger partial charge on any atom is 0.410 e. The van der Waals surface area contributed by atoms with Crippen LogP contribution < -0.4 is 5.32 Å². The van der Waals surface area contributed by atoms with Crippen molar-refractivity contribution in [2.45, 2.75) is 64.6 Å². The van der Waals surface area contributed by atoms with Gasteiger partial charge in [-0.15, -0.1) is 0 Å². The molecule has 0 spiro atoms. The number of imidazole rings is 1. The molecule has 1 N–H and O–H groups in total. The van der Waals surface area contributed by atoms with Crippen molar-refractivity contribution in [1.29, 1.82) is 0 Å². The van der Waals surface area contributed by atoms with Crippen LogP contribution >= 0.6 is 27.5 Å². The SMILES string of the molecule is CC1CC(Nc2nc(Br)c(Cl)n3ccnc23)CCCN1C(=O)OC(C)(C)C. The third-order valence-corrected chi connectivity index (χ3v) is 5.66. The fourth-order valence-corrected chi connectivity index (χ4v) is 3.88. The zero-order chi connectivity index (χ0) is 19.8. The Hall–Kier alpha value is -1.54. The zero-order valence-electron chi connectivity index (χ0n) is 16.0. The van der Waals surface area contributed by atoms with E-state index in [9.17, 15) is 4.79 Å². The van der Waals surface area contributed by atoms with Crippen LogP contribution in [0.2, 0.25) is 5.15 Å². The van der Waals surface area contributed by atoms with Crippen molar-refractivity contribution in [1.82, 2.24) is 19.3 Å². The first kappa shape index (κ1) is 20.2. The summed E-state index contributed by atoms with van der Waals surface area (Å²) in [5.41, 5.74) is 0.191. The van der Waals surface area contributed by atoms with Crippen molar-refractivity contribution in [3.63, 3.8) is 0 Å². The summed E-state index contributed by atoms with van der Waals surface area (Å²) < 4.78 is 7.90. The Morgan fingerprint density at radius 2 is 2.19 bits per heavy atom. The number of fused-ring (bicyclic) bond motifs is 1. The fraction of sp³-hybridized carbons (Fsp3) is 0.611. The Bertz CT molecular complexity index is 835. The van der Waals surface area contributed by atoms with Crippen molar-refractivity contribution in [2.75, 3.05) is 11.9 Å². The lowest BCUT2D eigenvalue weighted by molar-refractivity contribution is 0.0182. The summed E-state index contributed by atoms with van der Waals surface area (Å²) in [6.07, 6.45) is 5.86. The molecular weight excluding hydrogens is 434 g/mol. The highest BCUT2D eigenvalue weighted by molar-refractivity contribution is 9.10. The average molecular weight is 459 g/mol. The summed E-state index contributed by atoms with van der Waals surface area (Å²) in [5, 5.41) is 3.98. The van der Waals surface area contributed by atoms with E-state index < -0.39 is 5.60 Å². The van der Waals surface area contributed by atoms with Gasteiger partial charge in [0.05, 0.1) is 0 Å². The minimum Gasteiger partial charge on any atom is -0.444 e. The molecule has 7 nitrogen and oxygen atoms in total. The summed E-state index contributed by atoms with van der Waals surface area (Å²) in [6, 6.07) is 0.236. The number of aromatic nitrogens is 3. The highest BCUT2D eigenvalue weighted by Crippen LogP contribution is 2.28. The van der Waals surface area contributed by atoms with Gasteiger partial charge in [0.25, 0.3) is 0 Å². The van der Waals surface area contributed by atoms with Gasteiger partial charge in [-0.2, -0.15) is 0 Å². The quantitative estimate of drug-likeness (QED) is 0.704. The molecule has 0 aliphatic carbocycles. The molecule has 9 heteroatoms. The largest absolute Gasteiger partial charge is 0.444 e. The van der Waals surface area contributed by atoms with E-state index in [2.05, 4.69) is 38.1 Å². The zero-order valence-corrected chi connectivity index (χ0v) is 18.3. The first-order valence-electron chi connectivity index (χ1n) is 9.10. The number of nitrogens with zero attached hydrogens (tertiary/aromatic N) is 4. The molecular formula is C18H25BrClN5O2. The maximum atomic E-state index is 12.5. The third-order valence-electron chi connectivity index (χ3n) is 4.52. The summed E-state index contributed by atoms with van der Waals surface area (Å²) in [7, 11) is 0. The minimum absolute atomic E-state index is 0.0614. The van der Waals surface area contributed by atoms with E-state index in [1.807, 2.05) is 25.7 Å². The second-order valence-electron chi connectivity index (χ2n) is 7.90. The number of amides is 1. The lowest BCUT2D eigenvalue weighted by atomic mass is 10.1. The smallest absolute Gasteiger partial charge is 0.410 e. The molecule has 3 heterocycles. The predicted molar refractivity (Wildman–Crippen MR) is 109 cm³/mol. The van der Waals surface area contributed by atoms with Crippen molar-refractivity contribution in [2.24, 2.45) is 0 Å². The van der Waals surface area contributed by atoms with Crippen LogP contribution in [0.1, 0.15) is 47.0 Å². The molecule has 2 unspecified atom stereocenters. The molecule has 0 radical (unpaired) electrons. The Kier molecular flexibility index (Phi) is 5.86. The number of carbonyl (C=O) groups excluding carboxylic acids is 1. The van der Waals surface area contributed by atoms with Gasteiger partial charge < -0.3 is 15.0 Å². The molecule has 0 saturated carbocycles. The fourth-order valence-electron chi connectivity index (χ4n) is 3.33. The van der Waals surface area contributed by atoms with E-state index in [4.69, 9.17) is 16.3 Å². The van der Waals surface area contributed by atoms with E-state index in [1.54, 1.807) is 16.8 Å². The molecule has 0 aromatic carbocycles. The molecule has 1 aliphatic heterocycles. The number of halogens is 2. The first-order chi connectivity index (χ1) is 12.7. The summed E-state index contributed by atoms with van der Waals surface area (Å²) in [6.45, 7) is 8.40. The summed E-state index contributed by atoms with van der Waals surface area (Å²) in [4.78, 5) is 23.2. The lowest BCUT2D eigenvalue weighted by Gasteiger charge is -2.31. The van der Waals surface area contributed by atoms with E-state index in [0.29, 0.717) is 27.8 Å². The normalized spacial score (nSPS) is 21.2. The van der Waals surface area contributed by atoms with Gasteiger partial charge in [0, 0.05) is 31.0 Å². The number of hydrogen-bond donors (Lipinski definition) is 1. The highest BCUT2D eigenvalue weighted by atomic mass is 79.9. The number of hydrogen-bond acceptors (Lipinski definition) is 5. The molecule has 1 aliphatic rings. The molecule has 1 fully saturated rings. The molecule has 3 rings (SSSR count).